The molecule has 1 unspecified atom stereocenters. The highest BCUT2D eigenvalue weighted by Gasteiger charge is 2.40. The second-order valence-electron chi connectivity index (χ2n) is 5.11. The minimum Gasteiger partial charge on any atom is -0.273 e. The number of imide groups is 1. The summed E-state index contributed by atoms with van der Waals surface area (Å²) in [5.74, 6) is -0.729. The monoisotopic (exact) mass is 265 g/mol. The first-order chi connectivity index (χ1) is 8.44. The SMILES string of the molecule is CC(=O)N(Cl)C(=O)C1(C)CCc2ccccc2C1. The first kappa shape index (κ1) is 13.1. The van der Waals surface area contributed by atoms with E-state index in [1.807, 2.05) is 25.1 Å². The van der Waals surface area contributed by atoms with E-state index in [9.17, 15) is 9.59 Å². The minimum absolute atomic E-state index is 0.300. The number of nitrogens with zero attached hydrogens (tertiary/aromatic N) is 1. The van der Waals surface area contributed by atoms with E-state index in [4.69, 9.17) is 11.8 Å². The lowest BCUT2D eigenvalue weighted by molar-refractivity contribution is -0.144. The highest BCUT2D eigenvalue weighted by molar-refractivity contribution is 6.30. The molecule has 4 heteroatoms. The minimum atomic E-state index is -0.582. The van der Waals surface area contributed by atoms with Gasteiger partial charge in [-0.2, -0.15) is 4.42 Å². The molecule has 2 amide bonds. The predicted molar refractivity (Wildman–Crippen MR) is 70.0 cm³/mol. The summed E-state index contributed by atoms with van der Waals surface area (Å²) >= 11 is 5.75. The van der Waals surface area contributed by atoms with Crippen LogP contribution in [0.4, 0.5) is 0 Å². The van der Waals surface area contributed by atoms with Crippen LogP contribution in [-0.4, -0.2) is 16.2 Å². The van der Waals surface area contributed by atoms with Crippen LogP contribution in [0.3, 0.4) is 0 Å². The van der Waals surface area contributed by atoms with Gasteiger partial charge < -0.3 is 0 Å². The van der Waals surface area contributed by atoms with Gasteiger partial charge in [-0.25, -0.2) is 0 Å². The van der Waals surface area contributed by atoms with E-state index in [0.717, 1.165) is 12.8 Å². The molecule has 0 fully saturated rings. The molecule has 1 aromatic rings. The van der Waals surface area contributed by atoms with Crippen LogP contribution in [0.5, 0.6) is 0 Å². The molecule has 1 atom stereocenters. The van der Waals surface area contributed by atoms with Gasteiger partial charge in [-0.1, -0.05) is 31.2 Å². The van der Waals surface area contributed by atoms with Crippen LogP contribution in [0.25, 0.3) is 0 Å². The summed E-state index contributed by atoms with van der Waals surface area (Å²) in [4.78, 5) is 23.4. The van der Waals surface area contributed by atoms with Crippen LogP contribution in [-0.2, 0) is 22.4 Å². The van der Waals surface area contributed by atoms with Crippen LogP contribution in [0.1, 0.15) is 31.4 Å². The van der Waals surface area contributed by atoms with E-state index in [0.29, 0.717) is 10.8 Å². The normalized spacial score (nSPS) is 22.2. The van der Waals surface area contributed by atoms with Crippen molar-refractivity contribution in [3.05, 3.63) is 35.4 Å². The topological polar surface area (TPSA) is 37.4 Å². The zero-order valence-electron chi connectivity index (χ0n) is 10.6. The Morgan fingerprint density at radius 2 is 1.89 bits per heavy atom. The summed E-state index contributed by atoms with van der Waals surface area (Å²) in [6.07, 6.45) is 2.21. The lowest BCUT2D eigenvalue weighted by Gasteiger charge is -2.34. The molecule has 0 heterocycles. The van der Waals surface area contributed by atoms with Crippen LogP contribution in [0.2, 0.25) is 0 Å². The molecule has 1 aliphatic carbocycles. The maximum atomic E-state index is 12.2. The van der Waals surface area contributed by atoms with E-state index in [1.165, 1.54) is 18.1 Å². The Labute approximate surface area is 112 Å². The molecule has 3 nitrogen and oxygen atoms in total. The number of carbonyl (C=O) groups excluding carboxylic acids is 2. The van der Waals surface area contributed by atoms with Crippen molar-refractivity contribution >= 4 is 23.6 Å². The van der Waals surface area contributed by atoms with Crippen LogP contribution >= 0.6 is 11.8 Å². The third-order valence-corrected chi connectivity index (χ3v) is 4.01. The van der Waals surface area contributed by atoms with Gasteiger partial charge in [-0.3, -0.25) is 9.59 Å². The van der Waals surface area contributed by atoms with Crippen molar-refractivity contribution in [3.8, 4) is 0 Å². The molecule has 0 radical (unpaired) electrons. The molecule has 2 rings (SSSR count). The molecule has 0 saturated carbocycles. The van der Waals surface area contributed by atoms with Crippen LogP contribution in [0.15, 0.2) is 24.3 Å². The van der Waals surface area contributed by atoms with Gasteiger partial charge in [0.05, 0.1) is 5.41 Å². The van der Waals surface area contributed by atoms with Gasteiger partial charge in [0.15, 0.2) is 0 Å². The van der Waals surface area contributed by atoms with Crippen molar-refractivity contribution in [1.82, 2.24) is 4.42 Å². The fourth-order valence-electron chi connectivity index (χ4n) is 2.46. The maximum absolute atomic E-state index is 12.2. The zero-order valence-corrected chi connectivity index (χ0v) is 11.3. The van der Waals surface area contributed by atoms with Crippen molar-refractivity contribution in [2.24, 2.45) is 5.41 Å². The summed E-state index contributed by atoms with van der Waals surface area (Å²) in [5.41, 5.74) is 1.88. The first-order valence-corrected chi connectivity index (χ1v) is 6.35. The van der Waals surface area contributed by atoms with E-state index >= 15 is 0 Å². The summed E-state index contributed by atoms with van der Waals surface area (Å²) in [6, 6.07) is 8.10. The lowest BCUT2D eigenvalue weighted by atomic mass is 9.72. The fourth-order valence-corrected chi connectivity index (χ4v) is 2.66. The third-order valence-electron chi connectivity index (χ3n) is 3.62. The van der Waals surface area contributed by atoms with E-state index < -0.39 is 11.3 Å². The highest BCUT2D eigenvalue weighted by Crippen LogP contribution is 2.37. The van der Waals surface area contributed by atoms with Crippen molar-refractivity contribution in [1.29, 1.82) is 0 Å². The Morgan fingerprint density at radius 1 is 1.28 bits per heavy atom. The Morgan fingerprint density at radius 3 is 2.50 bits per heavy atom. The molecule has 0 bridgehead atoms. The highest BCUT2D eigenvalue weighted by atomic mass is 35.5. The molecule has 18 heavy (non-hydrogen) atoms. The number of fused-ring (bicyclic) bond motifs is 1. The van der Waals surface area contributed by atoms with E-state index in [1.54, 1.807) is 0 Å². The van der Waals surface area contributed by atoms with Gasteiger partial charge in [0.25, 0.3) is 0 Å². The van der Waals surface area contributed by atoms with E-state index in [-0.39, 0.29) is 5.91 Å². The van der Waals surface area contributed by atoms with Gasteiger partial charge in [0.2, 0.25) is 11.8 Å². The molecular weight excluding hydrogens is 250 g/mol. The molecule has 0 aromatic heterocycles. The number of hydrogen-bond donors (Lipinski definition) is 0. The first-order valence-electron chi connectivity index (χ1n) is 6.02. The molecular formula is C14H16ClNO2. The van der Waals surface area contributed by atoms with E-state index in [2.05, 4.69) is 6.07 Å². The molecule has 1 aliphatic rings. The summed E-state index contributed by atoms with van der Waals surface area (Å²) in [6.45, 7) is 3.18. The Hall–Kier alpha value is -1.35. The zero-order chi connectivity index (χ0) is 13.3. The Bertz CT molecular complexity index is 500. The Kier molecular flexibility index (Phi) is 3.44. The molecule has 0 aliphatic heterocycles. The quantitative estimate of drug-likeness (QED) is 0.732. The fraction of sp³-hybridized carbons (Fsp3) is 0.429. The van der Waals surface area contributed by atoms with Crippen molar-refractivity contribution in [2.75, 3.05) is 0 Å². The number of aryl methyl sites for hydroxylation is 1. The smallest absolute Gasteiger partial charge is 0.250 e. The van der Waals surface area contributed by atoms with Crippen molar-refractivity contribution in [3.63, 3.8) is 0 Å². The second-order valence-corrected chi connectivity index (χ2v) is 5.45. The maximum Gasteiger partial charge on any atom is 0.250 e. The summed E-state index contributed by atoms with van der Waals surface area (Å²) < 4.78 is 0.716. The van der Waals surface area contributed by atoms with Gasteiger partial charge >= 0.3 is 0 Å². The third kappa shape index (κ3) is 2.27. The summed E-state index contributed by atoms with van der Waals surface area (Å²) in [5, 5.41) is 0. The number of halogens is 1. The number of amides is 2. The number of rotatable bonds is 1. The van der Waals surface area contributed by atoms with Crippen LogP contribution in [0, 0.1) is 5.41 Å². The lowest BCUT2D eigenvalue weighted by Crippen LogP contribution is -2.43. The molecule has 0 saturated heterocycles. The predicted octanol–water partition coefficient (Wildman–Crippen LogP) is 2.71. The molecule has 0 spiro atoms. The van der Waals surface area contributed by atoms with Gasteiger partial charge in [0, 0.05) is 18.7 Å². The van der Waals surface area contributed by atoms with Gasteiger partial charge in [0.1, 0.15) is 0 Å². The Balaban J connectivity index is 2.25. The summed E-state index contributed by atoms with van der Waals surface area (Å²) in [7, 11) is 0. The van der Waals surface area contributed by atoms with Gasteiger partial charge in [-0.05, 0) is 30.4 Å². The molecule has 0 N–H and O–H groups in total. The van der Waals surface area contributed by atoms with Crippen LogP contribution < -0.4 is 0 Å². The van der Waals surface area contributed by atoms with Crippen molar-refractivity contribution < 1.29 is 9.59 Å². The molecule has 96 valence electrons. The standard InChI is InChI=1S/C14H16ClNO2/c1-10(17)16(15)13(18)14(2)8-7-11-5-3-4-6-12(11)9-14/h3-6H,7-9H2,1-2H3. The van der Waals surface area contributed by atoms with Gasteiger partial charge in [-0.15, -0.1) is 0 Å². The number of hydrogen-bond acceptors (Lipinski definition) is 2. The second kappa shape index (κ2) is 4.73. The van der Waals surface area contributed by atoms with Crippen molar-refractivity contribution in [2.45, 2.75) is 33.1 Å². The largest absolute Gasteiger partial charge is 0.273 e. The average molecular weight is 266 g/mol. The molecule has 1 aromatic carbocycles. The number of benzene rings is 1. The number of carbonyl (C=O) groups is 2. The average Bonchev–Trinajstić information content (AvgIpc) is 2.36.